The molecule has 1 N–H and O–H groups in total. The number of carbonyl (C=O) groups excluding carboxylic acids is 1. The van der Waals surface area contributed by atoms with Gasteiger partial charge in [0.1, 0.15) is 0 Å². The lowest BCUT2D eigenvalue weighted by atomic mass is 10.1. The van der Waals surface area contributed by atoms with E-state index in [4.69, 9.17) is 0 Å². The van der Waals surface area contributed by atoms with Crippen molar-refractivity contribution in [2.75, 3.05) is 7.11 Å². The van der Waals surface area contributed by atoms with Gasteiger partial charge in [-0.05, 0) is 18.6 Å². The van der Waals surface area contributed by atoms with E-state index < -0.39 is 12.1 Å². The van der Waals surface area contributed by atoms with Crippen molar-refractivity contribution in [1.29, 1.82) is 0 Å². The summed E-state index contributed by atoms with van der Waals surface area (Å²) in [4.78, 5) is 11.1. The quantitative estimate of drug-likeness (QED) is 0.826. The molecule has 1 aromatic rings. The zero-order valence-corrected chi connectivity index (χ0v) is 9.54. The van der Waals surface area contributed by atoms with E-state index >= 15 is 0 Å². The van der Waals surface area contributed by atoms with Crippen LogP contribution >= 0.6 is 15.9 Å². The number of aliphatic hydroxyl groups is 1. The van der Waals surface area contributed by atoms with E-state index in [-0.39, 0.29) is 0 Å². The molecule has 1 aromatic carbocycles. The summed E-state index contributed by atoms with van der Waals surface area (Å²) < 4.78 is 5.15. The van der Waals surface area contributed by atoms with Gasteiger partial charge in [0.05, 0.1) is 7.11 Å². The first-order valence-corrected chi connectivity index (χ1v) is 4.87. The molecule has 0 saturated carbocycles. The first kappa shape index (κ1) is 11.2. The lowest BCUT2D eigenvalue weighted by Gasteiger charge is -2.10. The Morgan fingerprint density at radius 2 is 2.21 bits per heavy atom. The van der Waals surface area contributed by atoms with Crippen LogP contribution in [0, 0.1) is 6.92 Å². The number of methoxy groups -OCH3 is 1. The van der Waals surface area contributed by atoms with Crippen LogP contribution in [0.4, 0.5) is 0 Å². The number of ether oxygens (including phenoxy) is 1. The molecule has 76 valence electrons. The van der Waals surface area contributed by atoms with Gasteiger partial charge < -0.3 is 9.84 Å². The molecule has 0 aliphatic carbocycles. The van der Waals surface area contributed by atoms with Crippen molar-refractivity contribution in [2.24, 2.45) is 0 Å². The summed E-state index contributed by atoms with van der Waals surface area (Å²) in [5, 5.41) is 9.56. The molecule has 0 aliphatic heterocycles. The van der Waals surface area contributed by atoms with Gasteiger partial charge >= 0.3 is 5.97 Å². The Kier molecular flexibility index (Phi) is 3.66. The highest BCUT2D eigenvalue weighted by Crippen LogP contribution is 2.25. The molecule has 0 radical (unpaired) electrons. The van der Waals surface area contributed by atoms with Crippen LogP contribution in [0.15, 0.2) is 22.7 Å². The van der Waals surface area contributed by atoms with E-state index in [0.29, 0.717) is 10.0 Å². The number of hydrogen-bond donors (Lipinski definition) is 1. The van der Waals surface area contributed by atoms with Crippen molar-refractivity contribution >= 4 is 21.9 Å². The molecule has 1 rings (SSSR count). The summed E-state index contributed by atoms with van der Waals surface area (Å²) in [6, 6.07) is 5.36. The van der Waals surface area contributed by atoms with Crippen molar-refractivity contribution in [3.8, 4) is 0 Å². The van der Waals surface area contributed by atoms with Crippen molar-refractivity contribution in [1.82, 2.24) is 0 Å². The van der Waals surface area contributed by atoms with Crippen molar-refractivity contribution in [3.63, 3.8) is 0 Å². The number of rotatable bonds is 2. The molecule has 0 heterocycles. The van der Waals surface area contributed by atoms with Gasteiger partial charge in [-0.3, -0.25) is 0 Å². The Bertz CT molecular complexity index is 349. The third-order valence-corrected chi connectivity index (χ3v) is 2.56. The van der Waals surface area contributed by atoms with E-state index in [9.17, 15) is 9.90 Å². The zero-order valence-electron chi connectivity index (χ0n) is 7.95. The first-order valence-electron chi connectivity index (χ1n) is 4.08. The molecular formula is C10H11BrO3. The third-order valence-electron chi connectivity index (χ3n) is 1.87. The van der Waals surface area contributed by atoms with E-state index in [1.807, 2.05) is 19.1 Å². The SMILES string of the molecule is COC(=O)[C@@H](O)c1ccc(C)cc1Br. The normalized spacial score (nSPS) is 12.3. The Morgan fingerprint density at radius 3 is 2.71 bits per heavy atom. The van der Waals surface area contributed by atoms with Gasteiger partial charge in [-0.2, -0.15) is 0 Å². The van der Waals surface area contributed by atoms with Crippen LogP contribution in [0.1, 0.15) is 17.2 Å². The second-order valence-electron chi connectivity index (χ2n) is 2.95. The third kappa shape index (κ3) is 2.33. The maximum atomic E-state index is 11.1. The molecular weight excluding hydrogens is 248 g/mol. The zero-order chi connectivity index (χ0) is 10.7. The van der Waals surface area contributed by atoms with E-state index in [2.05, 4.69) is 20.7 Å². The molecule has 0 spiro atoms. The second-order valence-corrected chi connectivity index (χ2v) is 3.81. The Balaban J connectivity index is 3.01. The number of halogens is 1. The molecule has 0 aliphatic rings. The second kappa shape index (κ2) is 4.57. The van der Waals surface area contributed by atoms with Crippen LogP contribution in [0.25, 0.3) is 0 Å². The minimum Gasteiger partial charge on any atom is -0.467 e. The standard InChI is InChI=1S/C10H11BrO3/c1-6-3-4-7(8(11)5-6)9(12)10(13)14-2/h3-5,9,12H,1-2H3/t9-/m0/s1. The van der Waals surface area contributed by atoms with Crippen LogP contribution < -0.4 is 0 Å². The number of esters is 1. The average Bonchev–Trinajstić information content (AvgIpc) is 2.15. The molecule has 0 bridgehead atoms. The average molecular weight is 259 g/mol. The fourth-order valence-electron chi connectivity index (χ4n) is 1.09. The first-order chi connectivity index (χ1) is 6.56. The van der Waals surface area contributed by atoms with Gasteiger partial charge in [-0.1, -0.05) is 28.1 Å². The highest BCUT2D eigenvalue weighted by Gasteiger charge is 2.19. The van der Waals surface area contributed by atoms with Crippen LogP contribution in [-0.2, 0) is 9.53 Å². The molecule has 1 atom stereocenters. The van der Waals surface area contributed by atoms with Gasteiger partial charge in [-0.15, -0.1) is 0 Å². The Morgan fingerprint density at radius 1 is 1.57 bits per heavy atom. The largest absolute Gasteiger partial charge is 0.467 e. The minimum absolute atomic E-state index is 0.516. The molecule has 14 heavy (non-hydrogen) atoms. The van der Waals surface area contributed by atoms with Crippen LogP contribution in [0.2, 0.25) is 0 Å². The number of aryl methyl sites for hydroxylation is 1. The topological polar surface area (TPSA) is 46.5 Å². The highest BCUT2D eigenvalue weighted by atomic mass is 79.9. The molecule has 0 aromatic heterocycles. The number of benzene rings is 1. The smallest absolute Gasteiger partial charge is 0.339 e. The predicted molar refractivity (Wildman–Crippen MR) is 55.9 cm³/mol. The van der Waals surface area contributed by atoms with Gasteiger partial charge in [0.25, 0.3) is 0 Å². The fraction of sp³-hybridized carbons (Fsp3) is 0.300. The van der Waals surface area contributed by atoms with Crippen molar-refractivity contribution in [2.45, 2.75) is 13.0 Å². The maximum Gasteiger partial charge on any atom is 0.339 e. The minimum atomic E-state index is -1.23. The molecule has 0 saturated heterocycles. The lowest BCUT2D eigenvalue weighted by Crippen LogP contribution is -2.13. The van der Waals surface area contributed by atoms with E-state index in [1.165, 1.54) is 7.11 Å². The van der Waals surface area contributed by atoms with Crippen LogP contribution in [-0.4, -0.2) is 18.2 Å². The summed E-state index contributed by atoms with van der Waals surface area (Å²) in [5.74, 6) is -0.658. The predicted octanol–water partition coefficient (Wildman–Crippen LogP) is 1.96. The maximum absolute atomic E-state index is 11.1. The van der Waals surface area contributed by atoms with Crippen LogP contribution in [0.3, 0.4) is 0 Å². The van der Waals surface area contributed by atoms with Gasteiger partial charge in [0, 0.05) is 10.0 Å². The number of carbonyl (C=O) groups is 1. The summed E-state index contributed by atoms with van der Waals surface area (Å²) in [7, 11) is 1.24. The molecule has 4 heteroatoms. The number of hydrogen-bond acceptors (Lipinski definition) is 3. The molecule has 0 amide bonds. The molecule has 0 fully saturated rings. The van der Waals surface area contributed by atoms with E-state index in [1.54, 1.807) is 6.07 Å². The summed E-state index contributed by atoms with van der Waals surface area (Å²) in [6.07, 6.45) is -1.23. The van der Waals surface area contributed by atoms with Crippen LogP contribution in [0.5, 0.6) is 0 Å². The Hall–Kier alpha value is -0.870. The van der Waals surface area contributed by atoms with Gasteiger partial charge in [0.15, 0.2) is 6.10 Å². The van der Waals surface area contributed by atoms with E-state index in [0.717, 1.165) is 5.56 Å². The summed E-state index contributed by atoms with van der Waals surface area (Å²) >= 11 is 3.28. The molecule has 0 unspecified atom stereocenters. The summed E-state index contributed by atoms with van der Waals surface area (Å²) in [5.41, 5.74) is 1.57. The number of aliphatic hydroxyl groups excluding tert-OH is 1. The van der Waals surface area contributed by atoms with Crippen molar-refractivity contribution < 1.29 is 14.6 Å². The highest BCUT2D eigenvalue weighted by molar-refractivity contribution is 9.10. The van der Waals surface area contributed by atoms with Crippen molar-refractivity contribution in [3.05, 3.63) is 33.8 Å². The Labute approximate surface area is 90.8 Å². The fourth-order valence-corrected chi connectivity index (χ4v) is 1.80. The monoisotopic (exact) mass is 258 g/mol. The summed E-state index contributed by atoms with van der Waals surface area (Å²) in [6.45, 7) is 1.93. The van der Waals surface area contributed by atoms with Gasteiger partial charge in [0.2, 0.25) is 0 Å². The van der Waals surface area contributed by atoms with Gasteiger partial charge in [-0.25, -0.2) is 4.79 Å². The molecule has 3 nitrogen and oxygen atoms in total. The lowest BCUT2D eigenvalue weighted by molar-refractivity contribution is -0.150.